The number of nitrogens with zero attached hydrogens (tertiary/aromatic N) is 1. The van der Waals surface area contributed by atoms with Crippen molar-refractivity contribution in [1.82, 2.24) is 0 Å². The van der Waals surface area contributed by atoms with E-state index in [1.165, 1.54) is 18.4 Å². The molecular formula is C15H22NO2+. The summed E-state index contributed by atoms with van der Waals surface area (Å²) in [5.74, 6) is 0. The van der Waals surface area contributed by atoms with Crippen LogP contribution >= 0.6 is 0 Å². The van der Waals surface area contributed by atoms with Crippen molar-refractivity contribution in [3.05, 3.63) is 35.4 Å². The third kappa shape index (κ3) is 1.69. The van der Waals surface area contributed by atoms with Crippen LogP contribution in [0, 0.1) is 0 Å². The maximum absolute atomic E-state index is 5.37. The lowest BCUT2D eigenvalue weighted by atomic mass is 9.92. The Bertz CT molecular complexity index is 444. The van der Waals surface area contributed by atoms with Gasteiger partial charge in [-0.3, -0.25) is 0 Å². The molecule has 1 aliphatic heterocycles. The summed E-state index contributed by atoms with van der Waals surface area (Å²) in [6.07, 6.45) is 2.42. The summed E-state index contributed by atoms with van der Waals surface area (Å²) in [5, 5.41) is 0. The molecule has 3 heteroatoms. The Hall–Kier alpha value is -0.900. The van der Waals surface area contributed by atoms with Gasteiger partial charge in [-0.2, -0.15) is 0 Å². The molecule has 3 rings (SSSR count). The molecule has 0 radical (unpaired) electrons. The fourth-order valence-corrected chi connectivity index (χ4v) is 3.72. The molecule has 2 aliphatic rings. The molecule has 1 fully saturated rings. The van der Waals surface area contributed by atoms with E-state index in [0.717, 1.165) is 17.1 Å². The maximum atomic E-state index is 5.37. The average Bonchev–Trinajstić information content (AvgIpc) is 3.02. The van der Waals surface area contributed by atoms with Crippen LogP contribution in [0.1, 0.15) is 23.6 Å². The molecule has 3 atom stereocenters. The van der Waals surface area contributed by atoms with Gasteiger partial charge in [0.2, 0.25) is 6.29 Å². The minimum Gasteiger partial charge on any atom is -0.351 e. The van der Waals surface area contributed by atoms with Crippen LogP contribution < -0.4 is 0 Å². The van der Waals surface area contributed by atoms with E-state index in [1.807, 2.05) is 0 Å². The third-order valence-corrected chi connectivity index (χ3v) is 4.82. The first-order valence-corrected chi connectivity index (χ1v) is 6.69. The van der Waals surface area contributed by atoms with Crippen molar-refractivity contribution in [2.24, 2.45) is 0 Å². The van der Waals surface area contributed by atoms with Crippen molar-refractivity contribution in [3.8, 4) is 0 Å². The SMILES string of the molecule is COC(C[N+]1(C)[C@@H]2c3ccccc3CC[C@@H]21)OC. The van der Waals surface area contributed by atoms with Gasteiger partial charge in [0.1, 0.15) is 12.6 Å². The fraction of sp³-hybridized carbons (Fsp3) is 0.600. The quantitative estimate of drug-likeness (QED) is 0.461. The highest BCUT2D eigenvalue weighted by Crippen LogP contribution is 2.56. The van der Waals surface area contributed by atoms with Gasteiger partial charge in [-0.15, -0.1) is 0 Å². The van der Waals surface area contributed by atoms with Crippen LogP contribution in [0.5, 0.6) is 0 Å². The second-order valence-electron chi connectivity index (χ2n) is 5.68. The number of hydrogen-bond acceptors (Lipinski definition) is 2. The minimum absolute atomic E-state index is 0.0900. The van der Waals surface area contributed by atoms with E-state index < -0.39 is 0 Å². The molecule has 0 bridgehead atoms. The highest BCUT2D eigenvalue weighted by atomic mass is 16.7. The number of benzene rings is 1. The van der Waals surface area contributed by atoms with E-state index in [0.29, 0.717) is 6.04 Å². The predicted molar refractivity (Wildman–Crippen MR) is 70.1 cm³/mol. The summed E-state index contributed by atoms with van der Waals surface area (Å²) in [7, 11) is 5.78. The Morgan fingerprint density at radius 2 is 2.00 bits per heavy atom. The van der Waals surface area contributed by atoms with Crippen LogP contribution in [0.2, 0.25) is 0 Å². The molecule has 1 unspecified atom stereocenters. The van der Waals surface area contributed by atoms with E-state index in [1.54, 1.807) is 19.8 Å². The van der Waals surface area contributed by atoms with Gasteiger partial charge in [0.25, 0.3) is 0 Å². The zero-order chi connectivity index (χ0) is 12.8. The molecule has 1 aliphatic carbocycles. The molecule has 1 aromatic carbocycles. The summed E-state index contributed by atoms with van der Waals surface area (Å²) in [5.41, 5.74) is 3.08. The molecule has 98 valence electrons. The molecule has 0 amide bonds. The molecule has 0 saturated carbocycles. The number of likely N-dealkylation sites (N-methyl/N-ethyl adjacent to an activating group) is 1. The Kier molecular flexibility index (Phi) is 2.93. The molecule has 0 aromatic heterocycles. The third-order valence-electron chi connectivity index (χ3n) is 4.82. The summed E-state index contributed by atoms with van der Waals surface area (Å²) in [6.45, 7) is 0.941. The van der Waals surface area contributed by atoms with E-state index in [9.17, 15) is 0 Å². The lowest BCUT2D eigenvalue weighted by Gasteiger charge is -2.21. The Morgan fingerprint density at radius 1 is 1.28 bits per heavy atom. The zero-order valence-corrected chi connectivity index (χ0v) is 11.4. The molecule has 1 aromatic rings. The van der Waals surface area contributed by atoms with Gasteiger partial charge in [0.05, 0.1) is 7.05 Å². The van der Waals surface area contributed by atoms with Crippen molar-refractivity contribution < 1.29 is 14.0 Å². The van der Waals surface area contributed by atoms with Crippen molar-refractivity contribution >= 4 is 0 Å². The van der Waals surface area contributed by atoms with E-state index in [-0.39, 0.29) is 6.29 Å². The van der Waals surface area contributed by atoms with Gasteiger partial charge >= 0.3 is 0 Å². The molecule has 0 N–H and O–H groups in total. The first kappa shape index (κ1) is 12.2. The number of methoxy groups -OCH3 is 2. The summed E-state index contributed by atoms with van der Waals surface area (Å²) < 4.78 is 11.8. The molecule has 1 saturated heterocycles. The van der Waals surface area contributed by atoms with Gasteiger partial charge in [0.15, 0.2) is 6.04 Å². The van der Waals surface area contributed by atoms with E-state index in [4.69, 9.17) is 9.47 Å². The van der Waals surface area contributed by atoms with Crippen LogP contribution in [0.25, 0.3) is 0 Å². The first-order chi connectivity index (χ1) is 8.70. The lowest BCUT2D eigenvalue weighted by molar-refractivity contribution is -0.816. The summed E-state index contributed by atoms with van der Waals surface area (Å²) >= 11 is 0. The highest BCUT2D eigenvalue weighted by molar-refractivity contribution is 5.35. The van der Waals surface area contributed by atoms with Crippen molar-refractivity contribution in [1.29, 1.82) is 0 Å². The van der Waals surface area contributed by atoms with Crippen molar-refractivity contribution in [2.75, 3.05) is 27.8 Å². The van der Waals surface area contributed by atoms with Crippen LogP contribution in [-0.2, 0) is 15.9 Å². The monoisotopic (exact) mass is 248 g/mol. The normalized spacial score (nSPS) is 33.1. The van der Waals surface area contributed by atoms with Crippen LogP contribution in [-0.4, -0.2) is 44.6 Å². The first-order valence-electron chi connectivity index (χ1n) is 6.69. The van der Waals surface area contributed by atoms with Gasteiger partial charge in [-0.05, 0) is 12.0 Å². The zero-order valence-electron chi connectivity index (χ0n) is 11.4. The molecular weight excluding hydrogens is 226 g/mol. The standard InChI is InChI=1S/C15H22NO2/c1-16(10-14(17-2)18-3)13-9-8-11-6-4-5-7-12(11)15(13)16/h4-7,13-15H,8-10H2,1-3H3/q+1/t13-,15+,16?/m0/s1. The van der Waals surface area contributed by atoms with Crippen LogP contribution in [0.4, 0.5) is 0 Å². The number of ether oxygens (including phenoxy) is 2. The van der Waals surface area contributed by atoms with E-state index >= 15 is 0 Å². The maximum Gasteiger partial charge on any atom is 0.207 e. The highest BCUT2D eigenvalue weighted by Gasteiger charge is 2.65. The number of hydrogen-bond donors (Lipinski definition) is 0. The molecule has 1 heterocycles. The van der Waals surface area contributed by atoms with Gasteiger partial charge in [-0.25, -0.2) is 0 Å². The molecule has 3 nitrogen and oxygen atoms in total. The minimum atomic E-state index is -0.0900. The summed E-state index contributed by atoms with van der Waals surface area (Å²) in [4.78, 5) is 0. The largest absolute Gasteiger partial charge is 0.351 e. The van der Waals surface area contributed by atoms with Crippen molar-refractivity contribution in [2.45, 2.75) is 31.2 Å². The lowest BCUT2D eigenvalue weighted by Crippen LogP contribution is -2.35. The second-order valence-corrected chi connectivity index (χ2v) is 5.68. The van der Waals surface area contributed by atoms with E-state index in [2.05, 4.69) is 31.3 Å². The number of quaternary nitrogens is 1. The Labute approximate surface area is 109 Å². The average molecular weight is 248 g/mol. The predicted octanol–water partition coefficient (Wildman–Crippen LogP) is 2.12. The van der Waals surface area contributed by atoms with Crippen LogP contribution in [0.15, 0.2) is 24.3 Å². The summed E-state index contributed by atoms with van der Waals surface area (Å²) in [6, 6.07) is 10.3. The van der Waals surface area contributed by atoms with Crippen LogP contribution in [0.3, 0.4) is 0 Å². The number of rotatable bonds is 4. The Balaban J connectivity index is 1.83. The fourth-order valence-electron chi connectivity index (χ4n) is 3.72. The molecule has 0 spiro atoms. The number of aryl methyl sites for hydroxylation is 1. The molecule has 18 heavy (non-hydrogen) atoms. The second kappa shape index (κ2) is 4.34. The van der Waals surface area contributed by atoms with Gasteiger partial charge < -0.3 is 14.0 Å². The van der Waals surface area contributed by atoms with Gasteiger partial charge in [-0.1, -0.05) is 24.3 Å². The van der Waals surface area contributed by atoms with Crippen molar-refractivity contribution in [3.63, 3.8) is 0 Å². The topological polar surface area (TPSA) is 18.5 Å². The Morgan fingerprint density at radius 3 is 2.72 bits per heavy atom. The van der Waals surface area contributed by atoms with Gasteiger partial charge in [0, 0.05) is 26.2 Å². The smallest absolute Gasteiger partial charge is 0.207 e. The number of fused-ring (bicyclic) bond motifs is 3.